The van der Waals surface area contributed by atoms with E-state index in [4.69, 9.17) is 0 Å². The van der Waals surface area contributed by atoms with Gasteiger partial charge in [-0.25, -0.2) is 0 Å². The van der Waals surface area contributed by atoms with Crippen molar-refractivity contribution in [3.05, 3.63) is 42.8 Å². The highest BCUT2D eigenvalue weighted by Crippen LogP contribution is 2.27. The summed E-state index contributed by atoms with van der Waals surface area (Å²) in [6, 6.07) is 3.99. The lowest BCUT2D eigenvalue weighted by atomic mass is 10.1. The van der Waals surface area contributed by atoms with Gasteiger partial charge in [-0.15, -0.1) is 22.7 Å². The third-order valence-corrected chi connectivity index (χ3v) is 4.79. The number of carbonyl (C=O) groups is 1. The molecule has 0 N–H and O–H groups in total. The van der Waals surface area contributed by atoms with Crippen LogP contribution < -0.4 is 0 Å². The first-order valence-electron chi connectivity index (χ1n) is 5.18. The van der Waals surface area contributed by atoms with Gasteiger partial charge in [-0.05, 0) is 45.4 Å². The molecule has 2 aromatic heterocycles. The number of hydrogen-bond donors (Lipinski definition) is 0. The molecule has 0 atom stereocenters. The number of thiophene rings is 2. The molecule has 1 nitrogen and oxygen atoms in total. The summed E-state index contributed by atoms with van der Waals surface area (Å²) in [6.45, 7) is 8.16. The first kappa shape index (κ1) is 11.6. The second-order valence-corrected chi connectivity index (χ2v) is 6.72. The number of carbonyl (C=O) groups excluding carboxylic acids is 1. The van der Waals surface area contributed by atoms with Crippen LogP contribution in [0.15, 0.2) is 12.1 Å². The van der Waals surface area contributed by atoms with E-state index in [-0.39, 0.29) is 5.78 Å². The standard InChI is InChI=1S/C13H14OS2/c1-7-5-12(16-9(7)3)13(14)11-6-8(2)15-10(11)4/h5-6H,1-4H3. The summed E-state index contributed by atoms with van der Waals surface area (Å²) in [7, 11) is 0. The summed E-state index contributed by atoms with van der Waals surface area (Å²) in [6.07, 6.45) is 0. The number of ketones is 1. The summed E-state index contributed by atoms with van der Waals surface area (Å²) >= 11 is 3.28. The monoisotopic (exact) mass is 250 g/mol. The van der Waals surface area contributed by atoms with E-state index in [2.05, 4.69) is 6.92 Å². The fourth-order valence-electron chi connectivity index (χ4n) is 1.67. The average molecular weight is 250 g/mol. The van der Waals surface area contributed by atoms with Crippen LogP contribution in [0.2, 0.25) is 0 Å². The molecule has 2 rings (SSSR count). The van der Waals surface area contributed by atoms with Crippen LogP contribution >= 0.6 is 22.7 Å². The van der Waals surface area contributed by atoms with Crippen molar-refractivity contribution in [2.75, 3.05) is 0 Å². The van der Waals surface area contributed by atoms with Crippen molar-refractivity contribution in [1.29, 1.82) is 0 Å². The fraction of sp³-hybridized carbons (Fsp3) is 0.308. The van der Waals surface area contributed by atoms with Gasteiger partial charge >= 0.3 is 0 Å². The first-order valence-corrected chi connectivity index (χ1v) is 6.81. The van der Waals surface area contributed by atoms with Crippen molar-refractivity contribution >= 4 is 28.5 Å². The van der Waals surface area contributed by atoms with Crippen LogP contribution in [0.1, 0.15) is 35.4 Å². The first-order chi connectivity index (χ1) is 7.49. The Morgan fingerprint density at radius 2 is 1.69 bits per heavy atom. The molecule has 0 radical (unpaired) electrons. The molecule has 84 valence electrons. The highest BCUT2D eigenvalue weighted by molar-refractivity contribution is 7.15. The summed E-state index contributed by atoms with van der Waals surface area (Å²) in [5, 5.41) is 0. The van der Waals surface area contributed by atoms with E-state index in [0.717, 1.165) is 15.3 Å². The predicted octanol–water partition coefficient (Wildman–Crippen LogP) is 4.27. The van der Waals surface area contributed by atoms with Crippen LogP contribution in [-0.4, -0.2) is 5.78 Å². The minimum atomic E-state index is 0.169. The maximum absolute atomic E-state index is 12.3. The van der Waals surface area contributed by atoms with Gasteiger partial charge in [-0.3, -0.25) is 4.79 Å². The Labute approximate surface area is 104 Å². The molecule has 2 aromatic rings. The van der Waals surface area contributed by atoms with Crippen LogP contribution in [0.4, 0.5) is 0 Å². The molecule has 0 aliphatic heterocycles. The van der Waals surface area contributed by atoms with E-state index in [9.17, 15) is 4.79 Å². The van der Waals surface area contributed by atoms with E-state index in [0.29, 0.717) is 0 Å². The van der Waals surface area contributed by atoms with Crippen molar-refractivity contribution < 1.29 is 4.79 Å². The van der Waals surface area contributed by atoms with Crippen LogP contribution in [-0.2, 0) is 0 Å². The molecular weight excluding hydrogens is 236 g/mol. The number of hydrogen-bond acceptors (Lipinski definition) is 3. The molecule has 0 aromatic carbocycles. The molecule has 0 bridgehead atoms. The molecule has 0 fully saturated rings. The molecule has 0 saturated carbocycles. The highest BCUT2D eigenvalue weighted by atomic mass is 32.1. The molecule has 0 saturated heterocycles. The average Bonchev–Trinajstić information content (AvgIpc) is 2.70. The molecule has 16 heavy (non-hydrogen) atoms. The van der Waals surface area contributed by atoms with Gasteiger partial charge in [-0.2, -0.15) is 0 Å². The predicted molar refractivity (Wildman–Crippen MR) is 71.0 cm³/mol. The maximum Gasteiger partial charge on any atom is 0.204 e. The normalized spacial score (nSPS) is 10.8. The second-order valence-electron chi connectivity index (χ2n) is 4.01. The molecule has 0 spiro atoms. The van der Waals surface area contributed by atoms with Crippen molar-refractivity contribution in [3.63, 3.8) is 0 Å². The van der Waals surface area contributed by atoms with Crippen LogP contribution in [0, 0.1) is 27.7 Å². The number of rotatable bonds is 2. The third kappa shape index (κ3) is 1.97. The zero-order chi connectivity index (χ0) is 11.9. The van der Waals surface area contributed by atoms with Gasteiger partial charge < -0.3 is 0 Å². The number of aryl methyl sites for hydroxylation is 4. The lowest BCUT2D eigenvalue weighted by molar-refractivity contribution is 0.104. The Balaban J connectivity index is 2.42. The summed E-state index contributed by atoms with van der Waals surface area (Å²) < 4.78 is 0. The van der Waals surface area contributed by atoms with Crippen LogP contribution in [0.25, 0.3) is 0 Å². The molecular formula is C13H14OS2. The van der Waals surface area contributed by atoms with Crippen molar-refractivity contribution in [2.45, 2.75) is 27.7 Å². The molecule has 0 aliphatic carbocycles. The topological polar surface area (TPSA) is 17.1 Å². The molecule has 0 unspecified atom stereocenters. The van der Waals surface area contributed by atoms with Gasteiger partial charge in [0.25, 0.3) is 0 Å². The van der Waals surface area contributed by atoms with Gasteiger partial charge in [0.05, 0.1) is 4.88 Å². The smallest absolute Gasteiger partial charge is 0.204 e. The van der Waals surface area contributed by atoms with E-state index < -0.39 is 0 Å². The molecule has 3 heteroatoms. The van der Waals surface area contributed by atoms with Gasteiger partial charge in [0, 0.05) is 20.2 Å². The minimum Gasteiger partial charge on any atom is -0.288 e. The SMILES string of the molecule is Cc1cc(C(=O)c2cc(C)c(C)s2)c(C)s1. The Morgan fingerprint density at radius 1 is 1.00 bits per heavy atom. The van der Waals surface area contributed by atoms with Crippen molar-refractivity contribution in [3.8, 4) is 0 Å². The van der Waals surface area contributed by atoms with Crippen molar-refractivity contribution in [2.24, 2.45) is 0 Å². The van der Waals surface area contributed by atoms with E-state index in [1.807, 2.05) is 32.9 Å². The molecule has 2 heterocycles. The van der Waals surface area contributed by atoms with Crippen molar-refractivity contribution in [1.82, 2.24) is 0 Å². The summed E-state index contributed by atoms with van der Waals surface area (Å²) in [5.74, 6) is 0.169. The van der Waals surface area contributed by atoms with Gasteiger partial charge in [0.2, 0.25) is 5.78 Å². The third-order valence-electron chi connectivity index (χ3n) is 2.68. The zero-order valence-electron chi connectivity index (χ0n) is 9.88. The molecule has 0 aliphatic rings. The summed E-state index contributed by atoms with van der Waals surface area (Å²) in [4.78, 5) is 16.7. The van der Waals surface area contributed by atoms with Gasteiger partial charge in [-0.1, -0.05) is 0 Å². The maximum atomic E-state index is 12.3. The van der Waals surface area contributed by atoms with Crippen LogP contribution in [0.3, 0.4) is 0 Å². The quantitative estimate of drug-likeness (QED) is 0.727. The van der Waals surface area contributed by atoms with E-state index >= 15 is 0 Å². The zero-order valence-corrected chi connectivity index (χ0v) is 11.5. The van der Waals surface area contributed by atoms with Gasteiger partial charge in [0.15, 0.2) is 0 Å². The highest BCUT2D eigenvalue weighted by Gasteiger charge is 2.16. The van der Waals surface area contributed by atoms with E-state index in [1.165, 1.54) is 15.3 Å². The minimum absolute atomic E-state index is 0.169. The lowest BCUT2D eigenvalue weighted by Gasteiger charge is -1.95. The van der Waals surface area contributed by atoms with Crippen LogP contribution in [0.5, 0.6) is 0 Å². The fourth-order valence-corrected chi connectivity index (χ4v) is 3.58. The Morgan fingerprint density at radius 3 is 2.12 bits per heavy atom. The summed E-state index contributed by atoms with van der Waals surface area (Å²) in [5.41, 5.74) is 2.07. The lowest BCUT2D eigenvalue weighted by Crippen LogP contribution is -1.98. The Hall–Kier alpha value is -0.930. The van der Waals surface area contributed by atoms with Gasteiger partial charge in [0.1, 0.15) is 0 Å². The Bertz CT molecular complexity index is 527. The Kier molecular flexibility index (Phi) is 3.00. The molecule has 0 amide bonds. The second kappa shape index (κ2) is 4.15. The largest absolute Gasteiger partial charge is 0.288 e. The van der Waals surface area contributed by atoms with E-state index in [1.54, 1.807) is 22.7 Å².